The van der Waals surface area contributed by atoms with Crippen molar-refractivity contribution in [3.05, 3.63) is 136 Å². The van der Waals surface area contributed by atoms with Gasteiger partial charge in [-0.3, -0.25) is 9.59 Å². The molecule has 0 saturated heterocycles. The number of nitrogens with two attached hydrogens (primary N) is 1. The summed E-state index contributed by atoms with van der Waals surface area (Å²) in [5, 5.41) is 15.4. The number of methoxy groups -OCH3 is 1. The first-order chi connectivity index (χ1) is 21.1. The second-order valence-electron chi connectivity index (χ2n) is 11.5. The van der Waals surface area contributed by atoms with Gasteiger partial charge in [-0.2, -0.15) is 0 Å². The molecule has 0 aliphatic heterocycles. The molecular weight excluding hydrogens is 550 g/mol. The zero-order valence-electron chi connectivity index (χ0n) is 26.2. The summed E-state index contributed by atoms with van der Waals surface area (Å²) in [6.45, 7) is 8.10. The highest BCUT2D eigenvalue weighted by Gasteiger charge is 2.35. The summed E-state index contributed by atoms with van der Waals surface area (Å²) in [5.74, 6) is -0.126. The standard InChI is InChI=1S/C37H43N3O4/c1-24-14-16-29(17-15-24)27(4)40(37(43)32-19-25(2)18-31(21-32)36(38)42)34(20-28-10-7-6-8-11-28)35(41)23-39-26(3)30-12-9-13-33(22-30)44-5/h6-19,21-22,26-27,34-35,39,41H,20,23H2,1-5H3,(H2,38,42)/t26-,27-,34+,35-/m1/s1. The first kappa shape index (κ1) is 32.5. The molecule has 0 radical (unpaired) electrons. The van der Waals surface area contributed by atoms with Crippen LogP contribution in [0.5, 0.6) is 5.75 Å². The molecule has 4 atom stereocenters. The number of hydrogen-bond donors (Lipinski definition) is 3. The number of aliphatic hydroxyl groups excluding tert-OH is 1. The van der Waals surface area contributed by atoms with Crippen molar-refractivity contribution in [2.75, 3.05) is 13.7 Å². The molecule has 0 spiro atoms. The SMILES string of the molecule is COc1cccc([C@@H](C)NC[C@@H](O)[C@H](Cc2ccccc2)N(C(=O)c2cc(C)cc(C(N)=O)c2)[C@H](C)c2ccc(C)cc2)c1. The Morgan fingerprint density at radius 1 is 0.841 bits per heavy atom. The second-order valence-corrected chi connectivity index (χ2v) is 11.5. The monoisotopic (exact) mass is 593 g/mol. The summed E-state index contributed by atoms with van der Waals surface area (Å²) < 4.78 is 5.39. The van der Waals surface area contributed by atoms with Gasteiger partial charge in [-0.1, -0.05) is 72.3 Å². The Bertz CT molecular complexity index is 1560. The van der Waals surface area contributed by atoms with E-state index in [1.54, 1.807) is 30.2 Å². The normalized spacial score (nSPS) is 13.9. The van der Waals surface area contributed by atoms with E-state index in [1.165, 1.54) is 0 Å². The predicted molar refractivity (Wildman–Crippen MR) is 175 cm³/mol. The van der Waals surface area contributed by atoms with E-state index in [4.69, 9.17) is 10.5 Å². The largest absolute Gasteiger partial charge is 0.497 e. The number of benzene rings is 4. The fourth-order valence-electron chi connectivity index (χ4n) is 5.55. The lowest BCUT2D eigenvalue weighted by Gasteiger charge is -2.40. The van der Waals surface area contributed by atoms with Crippen molar-refractivity contribution in [3.63, 3.8) is 0 Å². The van der Waals surface area contributed by atoms with Crippen LogP contribution in [0.4, 0.5) is 0 Å². The molecule has 0 aliphatic carbocycles. The number of amides is 2. The van der Waals surface area contributed by atoms with Crippen molar-refractivity contribution in [2.24, 2.45) is 5.73 Å². The number of nitrogens with one attached hydrogen (secondary N) is 1. The first-order valence-electron chi connectivity index (χ1n) is 15.0. The van der Waals surface area contributed by atoms with Crippen LogP contribution in [0.2, 0.25) is 0 Å². The highest BCUT2D eigenvalue weighted by atomic mass is 16.5. The lowest BCUT2D eigenvalue weighted by atomic mass is 9.94. The van der Waals surface area contributed by atoms with Gasteiger partial charge in [0.25, 0.3) is 5.91 Å². The molecule has 0 unspecified atom stereocenters. The molecule has 0 saturated carbocycles. The van der Waals surface area contributed by atoms with Crippen molar-refractivity contribution < 1.29 is 19.4 Å². The van der Waals surface area contributed by atoms with Gasteiger partial charge < -0.3 is 25.8 Å². The van der Waals surface area contributed by atoms with E-state index in [1.807, 2.05) is 107 Å². The third kappa shape index (κ3) is 8.13. The van der Waals surface area contributed by atoms with Crippen LogP contribution in [0, 0.1) is 13.8 Å². The number of carbonyl (C=O) groups is 2. The van der Waals surface area contributed by atoms with E-state index in [0.717, 1.165) is 33.6 Å². The summed E-state index contributed by atoms with van der Waals surface area (Å²) in [6, 6.07) is 29.6. The van der Waals surface area contributed by atoms with Gasteiger partial charge in [0.2, 0.25) is 5.91 Å². The van der Waals surface area contributed by atoms with E-state index in [-0.39, 0.29) is 30.1 Å². The minimum Gasteiger partial charge on any atom is -0.497 e. The Labute approximate surface area is 260 Å². The van der Waals surface area contributed by atoms with Gasteiger partial charge in [-0.25, -0.2) is 0 Å². The number of nitrogens with zero attached hydrogens (tertiary/aromatic N) is 1. The summed E-state index contributed by atoms with van der Waals surface area (Å²) in [5.41, 5.74) is 11.1. The molecule has 44 heavy (non-hydrogen) atoms. The molecular formula is C37H43N3O4. The summed E-state index contributed by atoms with van der Waals surface area (Å²) in [4.78, 5) is 28.4. The molecule has 4 aromatic carbocycles. The number of hydrogen-bond acceptors (Lipinski definition) is 5. The third-order valence-corrected chi connectivity index (χ3v) is 8.14. The topological polar surface area (TPSA) is 105 Å². The molecule has 7 nitrogen and oxygen atoms in total. The van der Waals surface area contributed by atoms with Crippen molar-refractivity contribution in [3.8, 4) is 5.75 Å². The lowest BCUT2D eigenvalue weighted by Crippen LogP contribution is -2.52. The van der Waals surface area contributed by atoms with Gasteiger partial charge in [0.05, 0.1) is 25.3 Å². The Balaban J connectivity index is 1.74. The lowest BCUT2D eigenvalue weighted by molar-refractivity contribution is 0.0215. The zero-order chi connectivity index (χ0) is 31.8. The van der Waals surface area contributed by atoms with Crippen LogP contribution < -0.4 is 15.8 Å². The van der Waals surface area contributed by atoms with Gasteiger partial charge in [-0.15, -0.1) is 0 Å². The van der Waals surface area contributed by atoms with Gasteiger partial charge in [0.15, 0.2) is 0 Å². The van der Waals surface area contributed by atoms with Crippen LogP contribution in [-0.2, 0) is 6.42 Å². The fraction of sp³-hybridized carbons (Fsp3) is 0.297. The van der Waals surface area contributed by atoms with Crippen LogP contribution >= 0.6 is 0 Å². The zero-order valence-corrected chi connectivity index (χ0v) is 26.2. The minimum atomic E-state index is -0.930. The van der Waals surface area contributed by atoms with Gasteiger partial charge >= 0.3 is 0 Å². The fourth-order valence-corrected chi connectivity index (χ4v) is 5.55. The maximum absolute atomic E-state index is 14.5. The highest BCUT2D eigenvalue weighted by Crippen LogP contribution is 2.29. The number of aliphatic hydroxyl groups is 1. The number of rotatable bonds is 13. The molecule has 2 amide bonds. The van der Waals surface area contributed by atoms with Crippen LogP contribution in [0.3, 0.4) is 0 Å². The van der Waals surface area contributed by atoms with Crippen molar-refractivity contribution in [1.82, 2.24) is 10.2 Å². The van der Waals surface area contributed by atoms with Gasteiger partial charge in [-0.05, 0) is 86.7 Å². The third-order valence-electron chi connectivity index (χ3n) is 8.14. The molecule has 0 fully saturated rings. The molecule has 4 rings (SSSR count). The van der Waals surface area contributed by atoms with Crippen LogP contribution in [-0.4, -0.2) is 47.6 Å². The van der Waals surface area contributed by atoms with Gasteiger partial charge in [0.1, 0.15) is 5.75 Å². The second kappa shape index (κ2) is 14.8. The molecule has 4 aromatic rings. The summed E-state index contributed by atoms with van der Waals surface area (Å²) in [6.07, 6.45) is -0.506. The Morgan fingerprint density at radius 2 is 1.52 bits per heavy atom. The Hall–Kier alpha value is -4.46. The maximum Gasteiger partial charge on any atom is 0.254 e. The van der Waals surface area contributed by atoms with Crippen molar-refractivity contribution in [2.45, 2.75) is 58.3 Å². The summed E-state index contributed by atoms with van der Waals surface area (Å²) in [7, 11) is 1.64. The average molecular weight is 594 g/mol. The minimum absolute atomic E-state index is 0.0781. The number of aryl methyl sites for hydroxylation is 2. The first-order valence-corrected chi connectivity index (χ1v) is 15.0. The van der Waals surface area contributed by atoms with Crippen LogP contribution in [0.1, 0.15) is 74.5 Å². The highest BCUT2D eigenvalue weighted by molar-refractivity contribution is 5.99. The quantitative estimate of drug-likeness (QED) is 0.178. The molecule has 0 aliphatic rings. The summed E-state index contributed by atoms with van der Waals surface area (Å²) >= 11 is 0. The van der Waals surface area contributed by atoms with E-state index in [9.17, 15) is 14.7 Å². The average Bonchev–Trinajstić information content (AvgIpc) is 3.03. The number of carbonyl (C=O) groups excluding carboxylic acids is 2. The maximum atomic E-state index is 14.5. The molecule has 230 valence electrons. The number of primary amides is 1. The predicted octanol–water partition coefficient (Wildman–Crippen LogP) is 5.94. The Kier molecular flexibility index (Phi) is 10.9. The number of ether oxygens (including phenoxy) is 1. The Morgan fingerprint density at radius 3 is 2.18 bits per heavy atom. The van der Waals surface area contributed by atoms with Crippen LogP contribution in [0.15, 0.2) is 97.1 Å². The van der Waals surface area contributed by atoms with E-state index in [2.05, 4.69) is 5.32 Å². The van der Waals surface area contributed by atoms with Crippen LogP contribution in [0.25, 0.3) is 0 Å². The molecule has 0 heterocycles. The van der Waals surface area contributed by atoms with E-state index < -0.39 is 18.1 Å². The molecule has 4 N–H and O–H groups in total. The van der Waals surface area contributed by atoms with Crippen molar-refractivity contribution >= 4 is 11.8 Å². The van der Waals surface area contributed by atoms with E-state index >= 15 is 0 Å². The molecule has 7 heteroatoms. The molecule has 0 bridgehead atoms. The van der Waals surface area contributed by atoms with E-state index in [0.29, 0.717) is 12.0 Å². The molecule has 0 aromatic heterocycles. The van der Waals surface area contributed by atoms with Crippen molar-refractivity contribution in [1.29, 1.82) is 0 Å². The smallest absolute Gasteiger partial charge is 0.254 e. The van der Waals surface area contributed by atoms with Gasteiger partial charge in [0, 0.05) is 23.7 Å².